The molecular weight excluding hydrogens is 344 g/mol. The van der Waals surface area contributed by atoms with Crippen molar-refractivity contribution in [2.24, 2.45) is 5.73 Å². The molecule has 0 fully saturated rings. The van der Waals surface area contributed by atoms with E-state index in [-0.39, 0.29) is 18.2 Å². The number of nitrogens with two attached hydrogens (primary N) is 1. The number of amides is 2. The number of carbonyl (C=O) groups excluding carboxylic acids is 2. The molecule has 0 saturated carbocycles. The van der Waals surface area contributed by atoms with Crippen LogP contribution in [0.2, 0.25) is 0 Å². The molecule has 2 aromatic carbocycles. The van der Waals surface area contributed by atoms with E-state index in [9.17, 15) is 9.59 Å². The normalized spacial score (nSPS) is 10.7. The summed E-state index contributed by atoms with van der Waals surface area (Å²) in [4.78, 5) is 25.2. The van der Waals surface area contributed by atoms with Crippen LogP contribution in [0.5, 0.6) is 0 Å². The van der Waals surface area contributed by atoms with Gasteiger partial charge < -0.3 is 11.1 Å². The first-order valence-corrected chi connectivity index (χ1v) is 9.16. The van der Waals surface area contributed by atoms with Crippen LogP contribution in [-0.2, 0) is 4.79 Å². The van der Waals surface area contributed by atoms with Gasteiger partial charge in [-0.05, 0) is 24.1 Å². The van der Waals surface area contributed by atoms with Crippen LogP contribution in [0.25, 0.3) is 0 Å². The Morgan fingerprint density at radius 3 is 2.04 bits per heavy atom. The van der Waals surface area contributed by atoms with E-state index in [0.717, 1.165) is 16.0 Å². The van der Waals surface area contributed by atoms with Crippen LogP contribution in [0.1, 0.15) is 38.7 Å². The maximum absolute atomic E-state index is 12.7. The standard InChI is InChI=1S/C21H20N2O2S/c1-14-12-18(20(22)25)21(26-14)23-19(24)13-17(15-8-4-2-5-9-15)16-10-6-3-7-11-16/h2-12,17H,13H2,1H3,(H2,22,25)(H,23,24). The second kappa shape index (κ2) is 7.97. The van der Waals surface area contributed by atoms with E-state index in [0.29, 0.717) is 10.6 Å². The summed E-state index contributed by atoms with van der Waals surface area (Å²) in [5.41, 5.74) is 7.91. The maximum Gasteiger partial charge on any atom is 0.251 e. The Hall–Kier alpha value is -2.92. The lowest BCUT2D eigenvalue weighted by molar-refractivity contribution is -0.116. The summed E-state index contributed by atoms with van der Waals surface area (Å²) >= 11 is 1.36. The zero-order chi connectivity index (χ0) is 18.5. The van der Waals surface area contributed by atoms with E-state index < -0.39 is 5.91 Å². The van der Waals surface area contributed by atoms with Gasteiger partial charge in [0.05, 0.1) is 5.56 Å². The van der Waals surface area contributed by atoms with Gasteiger partial charge in [-0.1, -0.05) is 60.7 Å². The number of benzene rings is 2. The Labute approximate surface area is 156 Å². The molecule has 132 valence electrons. The average Bonchev–Trinajstić information content (AvgIpc) is 3.01. The minimum absolute atomic E-state index is 0.0597. The van der Waals surface area contributed by atoms with Gasteiger partial charge >= 0.3 is 0 Å². The molecule has 0 saturated heterocycles. The number of nitrogens with one attached hydrogen (secondary N) is 1. The van der Waals surface area contributed by atoms with E-state index >= 15 is 0 Å². The smallest absolute Gasteiger partial charge is 0.251 e. The fraction of sp³-hybridized carbons (Fsp3) is 0.143. The Kier molecular flexibility index (Phi) is 5.49. The SMILES string of the molecule is Cc1cc(C(N)=O)c(NC(=O)CC(c2ccccc2)c2ccccc2)s1. The van der Waals surface area contributed by atoms with Gasteiger partial charge in [0.2, 0.25) is 5.91 Å². The molecular formula is C21H20N2O2S. The summed E-state index contributed by atoms with van der Waals surface area (Å²) in [5, 5.41) is 3.38. The second-order valence-corrected chi connectivity index (χ2v) is 7.35. The molecule has 3 N–H and O–H groups in total. The molecule has 0 unspecified atom stereocenters. The van der Waals surface area contributed by atoms with E-state index in [1.54, 1.807) is 6.07 Å². The van der Waals surface area contributed by atoms with Crippen LogP contribution in [-0.4, -0.2) is 11.8 Å². The number of hydrogen-bond acceptors (Lipinski definition) is 3. The molecule has 1 aromatic heterocycles. The molecule has 5 heteroatoms. The Morgan fingerprint density at radius 2 is 1.54 bits per heavy atom. The van der Waals surface area contributed by atoms with Gasteiger partial charge in [-0.2, -0.15) is 0 Å². The molecule has 4 nitrogen and oxygen atoms in total. The summed E-state index contributed by atoms with van der Waals surface area (Å²) in [6.07, 6.45) is 0.281. The monoisotopic (exact) mass is 364 g/mol. The predicted octanol–water partition coefficient (Wildman–Crippen LogP) is 4.32. The molecule has 26 heavy (non-hydrogen) atoms. The van der Waals surface area contributed by atoms with Gasteiger partial charge in [0.25, 0.3) is 5.91 Å². The number of hydrogen-bond donors (Lipinski definition) is 2. The van der Waals surface area contributed by atoms with Crippen LogP contribution in [0.3, 0.4) is 0 Å². The zero-order valence-electron chi connectivity index (χ0n) is 14.4. The van der Waals surface area contributed by atoms with E-state index in [2.05, 4.69) is 5.32 Å². The highest BCUT2D eigenvalue weighted by atomic mass is 32.1. The molecule has 0 radical (unpaired) electrons. The third-order valence-corrected chi connectivity index (χ3v) is 5.13. The number of aryl methyl sites for hydroxylation is 1. The van der Waals surface area contributed by atoms with Crippen LogP contribution < -0.4 is 11.1 Å². The first-order valence-electron chi connectivity index (χ1n) is 8.34. The van der Waals surface area contributed by atoms with Crippen molar-refractivity contribution < 1.29 is 9.59 Å². The van der Waals surface area contributed by atoms with Gasteiger partial charge in [-0.3, -0.25) is 9.59 Å². The minimum atomic E-state index is -0.535. The predicted molar refractivity (Wildman–Crippen MR) is 106 cm³/mol. The molecule has 0 spiro atoms. The largest absolute Gasteiger partial charge is 0.366 e. The van der Waals surface area contributed by atoms with E-state index in [1.165, 1.54) is 11.3 Å². The quantitative estimate of drug-likeness (QED) is 0.684. The minimum Gasteiger partial charge on any atom is -0.366 e. The molecule has 0 aliphatic carbocycles. The zero-order valence-corrected chi connectivity index (χ0v) is 15.3. The van der Waals surface area contributed by atoms with Gasteiger partial charge in [-0.15, -0.1) is 11.3 Å². The van der Waals surface area contributed by atoms with Crippen molar-refractivity contribution in [3.8, 4) is 0 Å². The maximum atomic E-state index is 12.7. The van der Waals surface area contributed by atoms with Gasteiger partial charge in [0.1, 0.15) is 5.00 Å². The van der Waals surface area contributed by atoms with Gasteiger partial charge in [0.15, 0.2) is 0 Å². The second-order valence-electron chi connectivity index (χ2n) is 6.09. The van der Waals surface area contributed by atoms with Crippen molar-refractivity contribution in [2.75, 3.05) is 5.32 Å². The number of thiophene rings is 1. The third-order valence-electron chi connectivity index (χ3n) is 4.17. The van der Waals surface area contributed by atoms with Crippen molar-refractivity contribution in [1.29, 1.82) is 0 Å². The van der Waals surface area contributed by atoms with Crippen LogP contribution in [0.15, 0.2) is 66.7 Å². The first kappa shape index (κ1) is 17.9. The fourth-order valence-electron chi connectivity index (χ4n) is 2.95. The molecule has 3 aromatic rings. The summed E-state index contributed by atoms with van der Waals surface area (Å²) in [6.45, 7) is 1.88. The van der Waals surface area contributed by atoms with Crippen molar-refractivity contribution in [3.05, 3.63) is 88.3 Å². The molecule has 2 amide bonds. The van der Waals surface area contributed by atoms with Gasteiger partial charge in [-0.25, -0.2) is 0 Å². The van der Waals surface area contributed by atoms with Crippen molar-refractivity contribution in [2.45, 2.75) is 19.3 Å². The lowest BCUT2D eigenvalue weighted by Gasteiger charge is -2.17. The molecule has 0 bridgehead atoms. The number of carbonyl (C=O) groups is 2. The van der Waals surface area contributed by atoms with E-state index in [1.807, 2.05) is 67.6 Å². The van der Waals surface area contributed by atoms with Crippen LogP contribution in [0.4, 0.5) is 5.00 Å². The van der Waals surface area contributed by atoms with Crippen molar-refractivity contribution in [3.63, 3.8) is 0 Å². The highest BCUT2D eigenvalue weighted by molar-refractivity contribution is 7.16. The van der Waals surface area contributed by atoms with E-state index in [4.69, 9.17) is 5.73 Å². The van der Waals surface area contributed by atoms with Crippen molar-refractivity contribution >= 4 is 28.2 Å². The summed E-state index contributed by atoms with van der Waals surface area (Å²) in [6, 6.07) is 21.6. The summed E-state index contributed by atoms with van der Waals surface area (Å²) < 4.78 is 0. The summed E-state index contributed by atoms with van der Waals surface area (Å²) in [5.74, 6) is -0.741. The average molecular weight is 364 g/mol. The molecule has 3 rings (SSSR count). The molecule has 0 aliphatic rings. The van der Waals surface area contributed by atoms with Crippen LogP contribution in [0, 0.1) is 6.92 Å². The first-order chi connectivity index (χ1) is 12.5. The molecule has 0 aliphatic heterocycles. The Balaban J connectivity index is 1.84. The number of anilines is 1. The summed E-state index contributed by atoms with van der Waals surface area (Å²) in [7, 11) is 0. The molecule has 0 atom stereocenters. The highest BCUT2D eigenvalue weighted by Gasteiger charge is 2.20. The van der Waals surface area contributed by atoms with Crippen molar-refractivity contribution in [1.82, 2.24) is 0 Å². The third kappa shape index (κ3) is 4.18. The lowest BCUT2D eigenvalue weighted by Crippen LogP contribution is -2.18. The number of primary amides is 1. The molecule has 1 heterocycles. The van der Waals surface area contributed by atoms with Crippen LogP contribution >= 0.6 is 11.3 Å². The number of rotatable bonds is 6. The highest BCUT2D eigenvalue weighted by Crippen LogP contribution is 2.31. The van der Waals surface area contributed by atoms with Gasteiger partial charge in [0, 0.05) is 17.2 Å². The topological polar surface area (TPSA) is 72.2 Å². The Morgan fingerprint density at radius 1 is 1.00 bits per heavy atom. The Bertz CT molecular complexity index is 865. The lowest BCUT2D eigenvalue weighted by atomic mass is 9.88. The fourth-order valence-corrected chi connectivity index (χ4v) is 3.89.